The van der Waals surface area contributed by atoms with E-state index in [0.29, 0.717) is 28.8 Å². The van der Waals surface area contributed by atoms with Crippen LogP contribution in [0, 0.1) is 5.41 Å². The Kier molecular flexibility index (Phi) is 9.67. The molecule has 5 rings (SSSR count). The highest BCUT2D eigenvalue weighted by atomic mass is 16.5. The number of nitrogens with one attached hydrogen (secondary N) is 2. The summed E-state index contributed by atoms with van der Waals surface area (Å²) >= 11 is 0. The predicted molar refractivity (Wildman–Crippen MR) is 166 cm³/mol. The molecule has 0 radical (unpaired) electrons. The summed E-state index contributed by atoms with van der Waals surface area (Å²) in [5.74, 6) is -0.375. The van der Waals surface area contributed by atoms with E-state index >= 15 is 0 Å². The summed E-state index contributed by atoms with van der Waals surface area (Å²) in [6.07, 6.45) is 4.89. The van der Waals surface area contributed by atoms with Gasteiger partial charge < -0.3 is 20.5 Å². The van der Waals surface area contributed by atoms with Crippen molar-refractivity contribution in [2.75, 3.05) is 25.0 Å². The van der Waals surface area contributed by atoms with Crippen molar-refractivity contribution < 1.29 is 19.4 Å². The lowest BCUT2D eigenvalue weighted by Gasteiger charge is -2.18. The second-order valence-corrected chi connectivity index (χ2v) is 11.2. The van der Waals surface area contributed by atoms with E-state index in [1.807, 2.05) is 42.5 Å². The van der Waals surface area contributed by atoms with Crippen LogP contribution in [-0.4, -0.2) is 42.6 Å². The summed E-state index contributed by atoms with van der Waals surface area (Å²) in [4.78, 5) is 25.2. The van der Waals surface area contributed by atoms with Crippen molar-refractivity contribution in [3.63, 3.8) is 0 Å². The van der Waals surface area contributed by atoms with Crippen LogP contribution >= 0.6 is 0 Å². The number of carboxylic acids is 1. The van der Waals surface area contributed by atoms with E-state index in [-0.39, 0.29) is 12.2 Å². The van der Waals surface area contributed by atoms with Crippen LogP contribution in [0.5, 0.6) is 5.75 Å². The minimum Gasteiger partial charge on any atom is -0.494 e. The van der Waals surface area contributed by atoms with Gasteiger partial charge >= 0.3 is 5.97 Å². The van der Waals surface area contributed by atoms with Crippen molar-refractivity contribution in [3.05, 3.63) is 131 Å². The van der Waals surface area contributed by atoms with E-state index < -0.39 is 12.0 Å². The third-order valence-corrected chi connectivity index (χ3v) is 7.84. The van der Waals surface area contributed by atoms with Gasteiger partial charge in [0.2, 0.25) is 0 Å². The first kappa shape index (κ1) is 29.1. The highest BCUT2D eigenvalue weighted by Crippen LogP contribution is 2.47. The van der Waals surface area contributed by atoms with Crippen molar-refractivity contribution in [3.8, 4) is 5.75 Å². The summed E-state index contributed by atoms with van der Waals surface area (Å²) in [7, 11) is 0. The molecule has 42 heavy (non-hydrogen) atoms. The van der Waals surface area contributed by atoms with Crippen molar-refractivity contribution in [2.24, 2.45) is 5.41 Å². The van der Waals surface area contributed by atoms with Gasteiger partial charge in [0, 0.05) is 29.8 Å². The van der Waals surface area contributed by atoms with Gasteiger partial charge in [-0.1, -0.05) is 84.9 Å². The fourth-order valence-electron chi connectivity index (χ4n) is 5.26. The molecule has 0 saturated heterocycles. The fraction of sp³-hybridized carbons (Fsp3) is 0.278. The van der Waals surface area contributed by atoms with Crippen LogP contribution in [0.2, 0.25) is 0 Å². The lowest BCUT2D eigenvalue weighted by Crippen LogP contribution is -2.32. The second-order valence-electron chi connectivity index (χ2n) is 11.2. The van der Waals surface area contributed by atoms with E-state index in [9.17, 15) is 14.7 Å². The summed E-state index contributed by atoms with van der Waals surface area (Å²) < 4.78 is 5.93. The molecule has 1 atom stereocenters. The Hall–Kier alpha value is -4.42. The first-order chi connectivity index (χ1) is 20.5. The number of hydrogen-bond acceptors (Lipinski definition) is 5. The molecular formula is C36H38N2O4. The molecule has 216 valence electrons. The van der Waals surface area contributed by atoms with Gasteiger partial charge in [-0.25, -0.2) is 4.79 Å². The van der Waals surface area contributed by atoms with Crippen LogP contribution in [-0.2, 0) is 17.6 Å². The number of anilines is 1. The van der Waals surface area contributed by atoms with Crippen LogP contribution in [0.4, 0.5) is 5.69 Å². The van der Waals surface area contributed by atoms with Crippen molar-refractivity contribution in [2.45, 2.75) is 38.1 Å². The molecule has 1 aliphatic rings. The van der Waals surface area contributed by atoms with Crippen LogP contribution in [0.1, 0.15) is 46.3 Å². The Balaban J connectivity index is 1.07. The quantitative estimate of drug-likeness (QED) is 0.108. The molecular weight excluding hydrogens is 524 g/mol. The maximum absolute atomic E-state index is 13.1. The minimum atomic E-state index is -0.985. The Labute approximate surface area is 247 Å². The van der Waals surface area contributed by atoms with Gasteiger partial charge in [-0.05, 0) is 73.0 Å². The lowest BCUT2D eigenvalue weighted by atomic mass is 9.96. The first-order valence-electron chi connectivity index (χ1n) is 14.7. The lowest BCUT2D eigenvalue weighted by molar-refractivity contribution is -0.137. The normalized spacial score (nSPS) is 14.1. The van der Waals surface area contributed by atoms with Gasteiger partial charge in [-0.2, -0.15) is 0 Å². The molecule has 4 aromatic carbocycles. The topological polar surface area (TPSA) is 87.7 Å². The number of carboxylic acid groups (broad SMARTS) is 1. The molecule has 1 fully saturated rings. The zero-order valence-electron chi connectivity index (χ0n) is 23.8. The smallest absolute Gasteiger partial charge is 0.326 e. The maximum Gasteiger partial charge on any atom is 0.326 e. The molecule has 0 aliphatic heterocycles. The maximum atomic E-state index is 13.1. The van der Waals surface area contributed by atoms with E-state index in [2.05, 4.69) is 41.0 Å². The fourth-order valence-corrected chi connectivity index (χ4v) is 5.26. The molecule has 0 heterocycles. The molecule has 6 heteroatoms. The SMILES string of the molecule is O=C(c1ccccc1)c1ccccc1NC(Cc1ccc(OCCCNCC2(Cc3ccccc3)CC2)cc1)C(=O)O. The highest BCUT2D eigenvalue weighted by Gasteiger charge is 2.41. The number of para-hydroxylation sites is 1. The Bertz CT molecular complexity index is 1450. The molecule has 0 amide bonds. The second kappa shape index (κ2) is 14.0. The average Bonchev–Trinajstić information content (AvgIpc) is 3.79. The Morgan fingerprint density at radius 3 is 2.17 bits per heavy atom. The number of benzene rings is 4. The summed E-state index contributed by atoms with van der Waals surface area (Å²) in [5, 5.41) is 16.6. The third-order valence-electron chi connectivity index (χ3n) is 7.84. The van der Waals surface area contributed by atoms with Gasteiger partial charge in [0.05, 0.1) is 6.61 Å². The standard InChI is InChI=1S/C36H38N2O4/c39-34(29-12-5-2-6-13-29)31-14-7-8-15-32(31)38-33(35(40)41)24-27-16-18-30(19-17-27)42-23-9-22-37-26-36(20-21-36)25-28-10-3-1-4-11-28/h1-8,10-19,33,37-38H,9,20-26H2,(H,40,41). The van der Waals surface area contributed by atoms with E-state index in [0.717, 1.165) is 37.2 Å². The largest absolute Gasteiger partial charge is 0.494 e. The van der Waals surface area contributed by atoms with Crippen LogP contribution in [0.15, 0.2) is 109 Å². The van der Waals surface area contributed by atoms with Crippen LogP contribution in [0.3, 0.4) is 0 Å². The molecule has 3 N–H and O–H groups in total. The molecule has 1 unspecified atom stereocenters. The zero-order chi connectivity index (χ0) is 29.2. The molecule has 6 nitrogen and oxygen atoms in total. The molecule has 0 bridgehead atoms. The zero-order valence-corrected chi connectivity index (χ0v) is 23.8. The first-order valence-corrected chi connectivity index (χ1v) is 14.7. The third kappa shape index (κ3) is 8.08. The van der Waals surface area contributed by atoms with Crippen molar-refractivity contribution in [1.29, 1.82) is 0 Å². The average molecular weight is 563 g/mol. The van der Waals surface area contributed by atoms with Gasteiger partial charge in [0.25, 0.3) is 0 Å². The molecule has 0 aromatic heterocycles. The predicted octanol–water partition coefficient (Wildman–Crippen LogP) is 6.41. The summed E-state index contributed by atoms with van der Waals surface area (Å²) in [5.41, 5.74) is 4.19. The van der Waals surface area contributed by atoms with E-state index in [1.165, 1.54) is 18.4 Å². The van der Waals surface area contributed by atoms with Crippen molar-refractivity contribution in [1.82, 2.24) is 5.32 Å². The number of carbonyl (C=O) groups is 2. The molecule has 4 aromatic rings. The van der Waals surface area contributed by atoms with E-state index in [1.54, 1.807) is 36.4 Å². The van der Waals surface area contributed by atoms with E-state index in [4.69, 9.17) is 4.74 Å². The van der Waals surface area contributed by atoms with Crippen LogP contribution < -0.4 is 15.4 Å². The highest BCUT2D eigenvalue weighted by molar-refractivity contribution is 6.12. The number of rotatable bonds is 16. The van der Waals surface area contributed by atoms with Gasteiger partial charge in [-0.3, -0.25) is 4.79 Å². The van der Waals surface area contributed by atoms with Gasteiger partial charge in [0.15, 0.2) is 5.78 Å². The molecule has 1 saturated carbocycles. The number of ether oxygens (including phenoxy) is 1. The summed E-state index contributed by atoms with van der Waals surface area (Å²) in [6.45, 7) is 2.57. The molecule has 1 aliphatic carbocycles. The van der Waals surface area contributed by atoms with Crippen LogP contribution in [0.25, 0.3) is 0 Å². The van der Waals surface area contributed by atoms with Crippen molar-refractivity contribution >= 4 is 17.4 Å². The van der Waals surface area contributed by atoms with Gasteiger partial charge in [0.1, 0.15) is 11.8 Å². The number of carbonyl (C=O) groups excluding carboxylic acids is 1. The Morgan fingerprint density at radius 2 is 1.48 bits per heavy atom. The number of ketones is 1. The molecule has 0 spiro atoms. The van der Waals surface area contributed by atoms with Gasteiger partial charge in [-0.15, -0.1) is 0 Å². The number of hydrogen-bond donors (Lipinski definition) is 3. The Morgan fingerprint density at radius 1 is 0.810 bits per heavy atom. The monoisotopic (exact) mass is 562 g/mol. The number of aliphatic carboxylic acids is 1. The minimum absolute atomic E-state index is 0.154. The summed E-state index contributed by atoms with van der Waals surface area (Å²) in [6, 6.07) is 33.4.